The van der Waals surface area contributed by atoms with Gasteiger partial charge in [0.2, 0.25) is 0 Å². The molecule has 1 N–H and O–H groups in total. The van der Waals surface area contributed by atoms with Gasteiger partial charge in [-0.1, -0.05) is 110 Å². The Hall–Kier alpha value is -3.32. The van der Waals surface area contributed by atoms with Gasteiger partial charge >= 0.3 is 6.18 Å². The average Bonchev–Trinajstić information content (AvgIpc) is 3.45. The minimum absolute atomic E-state index is 0. The molecule has 53 heavy (non-hydrogen) atoms. The number of benzene rings is 3. The number of pyridine rings is 1. The second-order valence-electron chi connectivity index (χ2n) is 15.6. The van der Waals surface area contributed by atoms with Crippen LogP contribution < -0.4 is 4.57 Å². The molecule has 0 aliphatic carbocycles. The first-order valence-electron chi connectivity index (χ1n) is 18.4. The fourth-order valence-corrected chi connectivity index (χ4v) is 8.32. The zero-order chi connectivity index (χ0) is 38.8. The Labute approximate surface area is 332 Å². The molecule has 0 saturated heterocycles. The molecule has 0 fully saturated rings. The Kier molecular flexibility index (Phi) is 14.5. The number of aliphatic hydroxyl groups excluding tert-OH is 1. The molecule has 5 aromatic rings. The van der Waals surface area contributed by atoms with Gasteiger partial charge in [-0.2, -0.15) is 25.7 Å². The molecule has 2 aromatic heterocycles. The van der Waals surface area contributed by atoms with E-state index >= 15 is 0 Å². The van der Waals surface area contributed by atoms with Gasteiger partial charge in [0.1, 0.15) is 0 Å². The molecule has 0 unspecified atom stereocenters. The molecule has 0 spiro atoms. The topological polar surface area (TPSA) is 41.2 Å². The monoisotopic (exact) mass is 923 g/mol. The van der Waals surface area contributed by atoms with Crippen LogP contribution in [0.2, 0.25) is 0 Å². The van der Waals surface area contributed by atoms with E-state index in [4.69, 9.17) is 0 Å². The number of rotatable bonds is 10. The van der Waals surface area contributed by atoms with Crippen molar-refractivity contribution in [1.29, 1.82) is 0 Å². The first-order valence-corrected chi connectivity index (χ1v) is 19.2. The summed E-state index contributed by atoms with van der Waals surface area (Å²) in [5, 5.41) is 14.0. The molecular formula is C45H55F3IrNO2S-. The molecule has 289 valence electrons. The van der Waals surface area contributed by atoms with Crippen LogP contribution >= 0.6 is 11.3 Å². The minimum atomic E-state index is -4.29. The summed E-state index contributed by atoms with van der Waals surface area (Å²) in [6.45, 7) is 21.7. The Bertz CT molecular complexity index is 2080. The molecule has 1 radical (unpaired) electrons. The summed E-state index contributed by atoms with van der Waals surface area (Å²) in [7, 11) is 4.29. The Morgan fingerprint density at radius 3 is 1.92 bits per heavy atom. The molecule has 5 rings (SSSR count). The number of allylic oxidation sites excluding steroid dienone is 2. The molecule has 8 heteroatoms. The zero-order valence-electron chi connectivity index (χ0n) is 32.6. The van der Waals surface area contributed by atoms with Crippen LogP contribution in [-0.4, -0.2) is 17.1 Å². The fourth-order valence-electron chi connectivity index (χ4n) is 6.95. The summed E-state index contributed by atoms with van der Waals surface area (Å²) >= 11 is 1.55. The number of aromatic nitrogens is 1. The van der Waals surface area contributed by atoms with E-state index in [2.05, 4.69) is 59.0 Å². The predicted molar refractivity (Wildman–Crippen MR) is 214 cm³/mol. The van der Waals surface area contributed by atoms with E-state index in [9.17, 15) is 23.1 Å². The molecule has 0 amide bonds. The van der Waals surface area contributed by atoms with Gasteiger partial charge in [0.25, 0.3) is 0 Å². The largest absolute Gasteiger partial charge is 0.512 e. The number of carbonyl (C=O) groups is 1. The zero-order valence-corrected chi connectivity index (χ0v) is 35.8. The van der Waals surface area contributed by atoms with Crippen LogP contribution in [0.15, 0.2) is 72.6 Å². The van der Waals surface area contributed by atoms with Crippen LogP contribution in [0.1, 0.15) is 105 Å². The van der Waals surface area contributed by atoms with Crippen LogP contribution in [0.3, 0.4) is 0 Å². The quantitative estimate of drug-likeness (QED) is 0.0656. The van der Waals surface area contributed by atoms with Gasteiger partial charge in [-0.25, -0.2) is 0 Å². The van der Waals surface area contributed by atoms with Gasteiger partial charge in [0, 0.05) is 54.5 Å². The first kappa shape index (κ1) is 44.1. The fraction of sp³-hybridized carbons (Fsp3) is 0.422. The van der Waals surface area contributed by atoms with Crippen LogP contribution in [0.5, 0.6) is 0 Å². The summed E-state index contributed by atoms with van der Waals surface area (Å²) in [4.78, 5) is 11.7. The smallest absolute Gasteiger partial charge is 0.394 e. The molecule has 0 aliphatic rings. The third-order valence-electron chi connectivity index (χ3n) is 10.5. The van der Waals surface area contributed by atoms with Crippen molar-refractivity contribution < 1.29 is 47.7 Å². The second-order valence-corrected chi connectivity index (χ2v) is 16.6. The van der Waals surface area contributed by atoms with Gasteiger partial charge < -0.3 is 9.67 Å². The molecule has 0 atom stereocenters. The average molecular weight is 923 g/mol. The molecule has 0 saturated carbocycles. The first-order chi connectivity index (χ1) is 24.3. The number of ketones is 1. The normalized spacial score (nSPS) is 12.8. The summed E-state index contributed by atoms with van der Waals surface area (Å²) < 4.78 is 45.0. The second kappa shape index (κ2) is 17.4. The third-order valence-corrected chi connectivity index (χ3v) is 11.8. The summed E-state index contributed by atoms with van der Waals surface area (Å²) in [6, 6.07) is 18.2. The number of fused-ring (bicyclic) bond motifs is 4. The van der Waals surface area contributed by atoms with Gasteiger partial charge in [-0.3, -0.25) is 4.79 Å². The van der Waals surface area contributed by atoms with E-state index in [1.165, 1.54) is 30.9 Å². The Morgan fingerprint density at radius 2 is 1.38 bits per heavy atom. The van der Waals surface area contributed by atoms with E-state index in [1.54, 1.807) is 11.3 Å². The van der Waals surface area contributed by atoms with Gasteiger partial charge in [0.15, 0.2) is 5.78 Å². The number of aliphatic hydroxyl groups is 1. The number of carbonyl (C=O) groups excluding carboxylic acids is 1. The van der Waals surface area contributed by atoms with Crippen molar-refractivity contribution in [3.05, 3.63) is 103 Å². The van der Waals surface area contributed by atoms with Crippen molar-refractivity contribution in [3.63, 3.8) is 0 Å². The maximum absolute atomic E-state index is 13.8. The molecule has 2 heterocycles. The van der Waals surface area contributed by atoms with Crippen molar-refractivity contribution in [2.24, 2.45) is 17.3 Å². The number of hydrogen-bond acceptors (Lipinski definition) is 3. The van der Waals surface area contributed by atoms with Gasteiger partial charge in [-0.15, -0.1) is 34.4 Å². The standard InChI is InChI=1S/C32H31F3NS.C13H24O2.Ir/c1-19-21-12-8-9-13-22(21)26(30(2,3)4)17-25(19)27-29-24(15-16-36(27)7)23-14-10-11-20(28(23)37-29)18-31(5,6)32(33,34)35;1-5-10(6-2)12(14)9-13(15)11(7-3)8-4;/h8-17H,1,7,18H2,2-6H3;9-11,14H,5-8H2,1-4H3;/q-1;;/b;12-9-;. The Morgan fingerprint density at radius 1 is 0.830 bits per heavy atom. The third kappa shape index (κ3) is 9.32. The molecule has 3 aromatic carbocycles. The number of thiophene rings is 1. The SMILES string of the molecule is CCC(CC)C(=O)/C=C(\O)C(CC)CC.[CH2-]c1c(-c2c3sc4c(CC(C)(C)C(F)(F)F)cccc4c3cc[n+]2[CH2-])cc(C(C)(C)C)c2ccccc12.[Ir]. The summed E-state index contributed by atoms with van der Waals surface area (Å²) in [5.41, 5.74) is 2.85. The van der Waals surface area contributed by atoms with E-state index in [0.717, 1.165) is 68.1 Å². The maximum Gasteiger partial charge on any atom is 0.394 e. The van der Waals surface area contributed by atoms with E-state index in [-0.39, 0.29) is 55.3 Å². The number of nitrogens with zero attached hydrogens (tertiary/aromatic N) is 1. The summed E-state index contributed by atoms with van der Waals surface area (Å²) in [6.07, 6.45) is 2.47. The van der Waals surface area contributed by atoms with E-state index in [1.807, 2.05) is 68.8 Å². The van der Waals surface area contributed by atoms with Crippen molar-refractivity contribution in [1.82, 2.24) is 0 Å². The maximum atomic E-state index is 13.8. The Balaban J connectivity index is 0.000000403. The van der Waals surface area contributed by atoms with Crippen molar-refractivity contribution in [3.8, 4) is 11.3 Å². The molecule has 3 nitrogen and oxygen atoms in total. The number of hydrogen-bond donors (Lipinski definition) is 1. The van der Waals surface area contributed by atoms with E-state index in [0.29, 0.717) is 5.56 Å². The van der Waals surface area contributed by atoms with E-state index < -0.39 is 11.6 Å². The van der Waals surface area contributed by atoms with Crippen LogP contribution in [0.25, 0.3) is 42.2 Å². The molecule has 0 bridgehead atoms. The van der Waals surface area contributed by atoms with Gasteiger partial charge in [0.05, 0.1) is 23.1 Å². The summed E-state index contributed by atoms with van der Waals surface area (Å²) in [5.74, 6) is 0.547. The molecular weight excluding hydrogens is 868 g/mol. The van der Waals surface area contributed by atoms with Crippen molar-refractivity contribution in [2.75, 3.05) is 0 Å². The van der Waals surface area contributed by atoms with Crippen LogP contribution in [0, 0.1) is 31.2 Å². The van der Waals surface area contributed by atoms with Crippen LogP contribution in [-0.2, 0) is 36.7 Å². The predicted octanol–water partition coefficient (Wildman–Crippen LogP) is 13.3. The number of alkyl halides is 3. The van der Waals surface area contributed by atoms with Crippen LogP contribution in [0.4, 0.5) is 13.2 Å². The van der Waals surface area contributed by atoms with Gasteiger partial charge in [-0.05, 0) is 59.9 Å². The van der Waals surface area contributed by atoms with Crippen molar-refractivity contribution >= 4 is 48.1 Å². The van der Waals surface area contributed by atoms with Crippen molar-refractivity contribution in [2.45, 2.75) is 106 Å². The minimum Gasteiger partial charge on any atom is -0.512 e. The number of halogens is 3. The molecule has 0 aliphatic heterocycles.